The minimum absolute atomic E-state index is 0.136. The summed E-state index contributed by atoms with van der Waals surface area (Å²) < 4.78 is 31.1. The van der Waals surface area contributed by atoms with Crippen molar-refractivity contribution in [2.24, 2.45) is 0 Å². The standard InChI is InChI=1S/C14H23NO4S/c1-12(11-19-3)15(2)20(17,18)14-8-6-13(7-9-14)5-4-10-16/h6-9,12,16H,4-5,10-11H2,1-3H3. The molecular formula is C14H23NO4S. The maximum Gasteiger partial charge on any atom is 0.243 e. The number of benzene rings is 1. The Bertz CT molecular complexity index is 498. The van der Waals surface area contributed by atoms with Crippen LogP contribution in [0.25, 0.3) is 0 Å². The number of ether oxygens (including phenoxy) is 1. The highest BCUT2D eigenvalue weighted by Crippen LogP contribution is 2.18. The van der Waals surface area contributed by atoms with E-state index >= 15 is 0 Å². The summed E-state index contributed by atoms with van der Waals surface area (Å²) in [5.41, 5.74) is 1.02. The predicted octanol–water partition coefficient (Wildman–Crippen LogP) is 1.27. The molecule has 0 heterocycles. The summed E-state index contributed by atoms with van der Waals surface area (Å²) in [6.07, 6.45) is 1.42. The zero-order valence-corrected chi connectivity index (χ0v) is 13.1. The van der Waals surface area contributed by atoms with Crippen molar-refractivity contribution in [1.82, 2.24) is 4.31 Å². The van der Waals surface area contributed by atoms with Crippen molar-refractivity contribution in [2.45, 2.75) is 30.7 Å². The number of hydrogen-bond donors (Lipinski definition) is 1. The van der Waals surface area contributed by atoms with Gasteiger partial charge in [-0.2, -0.15) is 4.31 Å². The number of aliphatic hydroxyl groups is 1. The molecule has 1 atom stereocenters. The molecule has 0 amide bonds. The zero-order valence-electron chi connectivity index (χ0n) is 12.2. The fourth-order valence-corrected chi connectivity index (χ4v) is 3.21. The second-order valence-electron chi connectivity index (χ2n) is 4.80. The van der Waals surface area contributed by atoms with Crippen molar-refractivity contribution in [2.75, 3.05) is 27.4 Å². The summed E-state index contributed by atoms with van der Waals surface area (Å²) in [5, 5.41) is 8.78. The largest absolute Gasteiger partial charge is 0.396 e. The molecule has 0 spiro atoms. The van der Waals surface area contributed by atoms with Gasteiger partial charge in [0.1, 0.15) is 0 Å². The molecule has 1 aromatic rings. The van der Waals surface area contributed by atoms with Crippen molar-refractivity contribution < 1.29 is 18.3 Å². The number of likely N-dealkylation sites (N-methyl/N-ethyl adjacent to an activating group) is 1. The number of nitrogens with zero attached hydrogens (tertiary/aromatic N) is 1. The Kier molecular flexibility index (Phi) is 6.61. The molecule has 1 N–H and O–H groups in total. The van der Waals surface area contributed by atoms with Gasteiger partial charge in [-0.3, -0.25) is 0 Å². The summed E-state index contributed by atoms with van der Waals surface area (Å²) in [6.45, 7) is 2.29. The molecule has 20 heavy (non-hydrogen) atoms. The maximum absolute atomic E-state index is 12.4. The van der Waals surface area contributed by atoms with Crippen molar-refractivity contribution in [3.05, 3.63) is 29.8 Å². The summed E-state index contributed by atoms with van der Waals surface area (Å²) in [4.78, 5) is 0.274. The molecule has 0 aliphatic carbocycles. The first-order valence-corrected chi connectivity index (χ1v) is 8.04. The number of rotatable bonds is 8. The van der Waals surface area contributed by atoms with Crippen LogP contribution in [-0.4, -0.2) is 51.2 Å². The van der Waals surface area contributed by atoms with Crippen LogP contribution in [0.2, 0.25) is 0 Å². The second-order valence-corrected chi connectivity index (χ2v) is 6.79. The average Bonchev–Trinajstić information content (AvgIpc) is 2.45. The smallest absolute Gasteiger partial charge is 0.243 e. The summed E-state index contributed by atoms with van der Waals surface area (Å²) in [6, 6.07) is 6.57. The van der Waals surface area contributed by atoms with Gasteiger partial charge in [-0.25, -0.2) is 8.42 Å². The molecule has 1 aromatic carbocycles. The van der Waals surface area contributed by atoms with Gasteiger partial charge in [0.15, 0.2) is 0 Å². The van der Waals surface area contributed by atoms with Crippen LogP contribution in [0.3, 0.4) is 0 Å². The molecule has 0 fully saturated rings. The minimum atomic E-state index is -3.49. The monoisotopic (exact) mass is 301 g/mol. The summed E-state index contributed by atoms with van der Waals surface area (Å²) >= 11 is 0. The SMILES string of the molecule is COCC(C)N(C)S(=O)(=O)c1ccc(CCCO)cc1. The minimum Gasteiger partial charge on any atom is -0.396 e. The molecule has 0 radical (unpaired) electrons. The van der Waals surface area contributed by atoms with Gasteiger partial charge in [-0.1, -0.05) is 12.1 Å². The molecule has 0 saturated carbocycles. The summed E-state index contributed by atoms with van der Waals surface area (Å²) in [5.74, 6) is 0. The number of aryl methyl sites for hydroxylation is 1. The molecule has 1 rings (SSSR count). The maximum atomic E-state index is 12.4. The molecular weight excluding hydrogens is 278 g/mol. The molecule has 0 saturated heterocycles. The third kappa shape index (κ3) is 4.28. The molecule has 6 heteroatoms. The number of methoxy groups -OCH3 is 1. The van der Waals surface area contributed by atoms with Gasteiger partial charge in [-0.15, -0.1) is 0 Å². The van der Waals surface area contributed by atoms with Gasteiger partial charge >= 0.3 is 0 Å². The molecule has 0 aromatic heterocycles. The first kappa shape index (κ1) is 17.1. The first-order chi connectivity index (χ1) is 9.43. The van der Waals surface area contributed by atoms with Gasteiger partial charge in [0.05, 0.1) is 11.5 Å². The van der Waals surface area contributed by atoms with E-state index in [1.54, 1.807) is 45.3 Å². The zero-order chi connectivity index (χ0) is 15.2. The van der Waals surface area contributed by atoms with Crippen LogP contribution < -0.4 is 0 Å². The fourth-order valence-electron chi connectivity index (χ4n) is 1.86. The Morgan fingerprint density at radius 1 is 1.30 bits per heavy atom. The quantitative estimate of drug-likeness (QED) is 0.785. The van der Waals surface area contributed by atoms with Gasteiger partial charge < -0.3 is 9.84 Å². The highest BCUT2D eigenvalue weighted by molar-refractivity contribution is 7.89. The van der Waals surface area contributed by atoms with E-state index in [-0.39, 0.29) is 17.5 Å². The van der Waals surface area contributed by atoms with Crippen LogP contribution in [-0.2, 0) is 21.2 Å². The highest BCUT2D eigenvalue weighted by atomic mass is 32.2. The van der Waals surface area contributed by atoms with Crippen molar-refractivity contribution in [3.8, 4) is 0 Å². The molecule has 0 bridgehead atoms. The molecule has 0 aliphatic rings. The van der Waals surface area contributed by atoms with E-state index in [1.165, 1.54) is 4.31 Å². The van der Waals surface area contributed by atoms with Crippen LogP contribution >= 0.6 is 0 Å². The van der Waals surface area contributed by atoms with Crippen LogP contribution in [0.15, 0.2) is 29.2 Å². The van der Waals surface area contributed by atoms with Gasteiger partial charge in [-0.05, 0) is 37.5 Å². The Hall–Kier alpha value is -0.950. The van der Waals surface area contributed by atoms with Crippen LogP contribution in [0.5, 0.6) is 0 Å². The lowest BCUT2D eigenvalue weighted by Crippen LogP contribution is -2.37. The topological polar surface area (TPSA) is 66.8 Å². The number of hydrogen-bond acceptors (Lipinski definition) is 4. The van der Waals surface area contributed by atoms with Crippen molar-refractivity contribution in [3.63, 3.8) is 0 Å². The second kappa shape index (κ2) is 7.73. The fraction of sp³-hybridized carbons (Fsp3) is 0.571. The van der Waals surface area contributed by atoms with Crippen LogP contribution in [0.1, 0.15) is 18.9 Å². The normalized spacial score (nSPS) is 13.7. The molecule has 0 aliphatic heterocycles. The third-order valence-electron chi connectivity index (χ3n) is 3.25. The van der Waals surface area contributed by atoms with E-state index in [9.17, 15) is 8.42 Å². The van der Waals surface area contributed by atoms with Crippen molar-refractivity contribution in [1.29, 1.82) is 0 Å². The third-order valence-corrected chi connectivity index (χ3v) is 5.24. The van der Waals surface area contributed by atoms with E-state index in [0.717, 1.165) is 12.0 Å². The Labute approximate surface area is 121 Å². The van der Waals surface area contributed by atoms with Gasteiger partial charge in [0.25, 0.3) is 0 Å². The first-order valence-electron chi connectivity index (χ1n) is 6.60. The van der Waals surface area contributed by atoms with E-state index in [2.05, 4.69) is 0 Å². The molecule has 1 unspecified atom stereocenters. The van der Waals surface area contributed by atoms with Crippen LogP contribution in [0, 0.1) is 0 Å². The highest BCUT2D eigenvalue weighted by Gasteiger charge is 2.25. The summed E-state index contributed by atoms with van der Waals surface area (Å²) in [7, 11) is -0.391. The van der Waals surface area contributed by atoms with Crippen LogP contribution in [0.4, 0.5) is 0 Å². The average molecular weight is 301 g/mol. The number of aliphatic hydroxyl groups excluding tert-OH is 1. The van der Waals surface area contributed by atoms with E-state index in [1.807, 2.05) is 0 Å². The lowest BCUT2D eigenvalue weighted by atomic mass is 10.1. The predicted molar refractivity (Wildman–Crippen MR) is 78.1 cm³/mol. The van der Waals surface area contributed by atoms with E-state index in [0.29, 0.717) is 13.0 Å². The lowest BCUT2D eigenvalue weighted by Gasteiger charge is -2.23. The van der Waals surface area contributed by atoms with Crippen molar-refractivity contribution >= 4 is 10.0 Å². The lowest BCUT2D eigenvalue weighted by molar-refractivity contribution is 0.149. The Morgan fingerprint density at radius 3 is 2.40 bits per heavy atom. The van der Waals surface area contributed by atoms with Gasteiger partial charge in [0.2, 0.25) is 10.0 Å². The Balaban J connectivity index is 2.87. The number of sulfonamides is 1. The molecule has 5 nitrogen and oxygen atoms in total. The van der Waals surface area contributed by atoms with E-state index < -0.39 is 10.0 Å². The Morgan fingerprint density at radius 2 is 1.90 bits per heavy atom. The molecule has 114 valence electrons. The van der Waals surface area contributed by atoms with Gasteiger partial charge in [0, 0.05) is 26.8 Å². The van der Waals surface area contributed by atoms with E-state index in [4.69, 9.17) is 9.84 Å².